The van der Waals surface area contributed by atoms with Crippen molar-refractivity contribution in [3.8, 4) is 11.4 Å². The molecule has 0 saturated heterocycles. The number of carbonyl (C=O) groups excluding carboxylic acids is 1. The molecule has 23 heavy (non-hydrogen) atoms. The zero-order valence-electron chi connectivity index (χ0n) is 13.0. The number of hydrogen-bond acceptors (Lipinski definition) is 4. The smallest absolute Gasteiger partial charge is 0.230 e. The Hall–Kier alpha value is -1.89. The van der Waals surface area contributed by atoms with Crippen LogP contribution in [0.25, 0.3) is 11.4 Å². The number of amides is 1. The number of halogens is 1. The highest BCUT2D eigenvalue weighted by atomic mass is 32.2. The van der Waals surface area contributed by atoms with Gasteiger partial charge in [-0.2, -0.15) is 0 Å². The van der Waals surface area contributed by atoms with Gasteiger partial charge in [0.05, 0.1) is 11.3 Å². The third kappa shape index (κ3) is 3.72. The molecule has 0 atom stereocenters. The topological polar surface area (TPSA) is 59.8 Å². The van der Waals surface area contributed by atoms with E-state index < -0.39 is 0 Å². The minimum atomic E-state index is -0.306. The van der Waals surface area contributed by atoms with E-state index in [1.54, 1.807) is 18.2 Å². The number of carbonyl (C=O) groups is 1. The molecule has 3 rings (SSSR count). The van der Waals surface area contributed by atoms with Crippen molar-refractivity contribution in [3.05, 3.63) is 30.1 Å². The van der Waals surface area contributed by atoms with Crippen LogP contribution in [-0.4, -0.2) is 33.0 Å². The molecule has 1 N–H and O–H groups in total. The van der Waals surface area contributed by atoms with Crippen LogP contribution in [0.15, 0.2) is 29.4 Å². The lowest BCUT2D eigenvalue weighted by Gasteiger charge is -2.09. The Kier molecular flexibility index (Phi) is 4.95. The average Bonchev–Trinajstić information content (AvgIpc) is 3.31. The Bertz CT molecular complexity index is 699. The van der Waals surface area contributed by atoms with E-state index in [0.717, 1.165) is 19.3 Å². The molecular weight excluding hydrogens is 315 g/mol. The van der Waals surface area contributed by atoms with Crippen molar-refractivity contribution in [2.75, 3.05) is 12.3 Å². The van der Waals surface area contributed by atoms with Crippen molar-refractivity contribution in [2.24, 2.45) is 0 Å². The summed E-state index contributed by atoms with van der Waals surface area (Å²) in [5.41, 5.74) is 0.453. The lowest BCUT2D eigenvalue weighted by Crippen LogP contribution is -2.25. The van der Waals surface area contributed by atoms with Crippen LogP contribution in [0.1, 0.15) is 32.2 Å². The van der Waals surface area contributed by atoms with Gasteiger partial charge in [-0.05, 0) is 31.4 Å². The molecule has 1 aromatic heterocycles. The summed E-state index contributed by atoms with van der Waals surface area (Å²) < 4.78 is 16.0. The van der Waals surface area contributed by atoms with Gasteiger partial charge in [-0.1, -0.05) is 30.8 Å². The number of nitrogens with zero attached hydrogens (tertiary/aromatic N) is 3. The first kappa shape index (κ1) is 16.0. The van der Waals surface area contributed by atoms with E-state index >= 15 is 0 Å². The molecule has 1 fully saturated rings. The lowest BCUT2D eigenvalue weighted by atomic mass is 10.2. The lowest BCUT2D eigenvalue weighted by molar-refractivity contribution is -0.118. The molecule has 0 unspecified atom stereocenters. The highest BCUT2D eigenvalue weighted by Gasteiger charge is 2.31. The quantitative estimate of drug-likeness (QED) is 0.791. The monoisotopic (exact) mass is 334 g/mol. The van der Waals surface area contributed by atoms with E-state index in [1.807, 2.05) is 11.5 Å². The zero-order valence-corrected chi connectivity index (χ0v) is 13.8. The first-order chi connectivity index (χ1) is 11.2. The summed E-state index contributed by atoms with van der Waals surface area (Å²) in [6, 6.07) is 6.88. The Labute approximate surface area is 138 Å². The van der Waals surface area contributed by atoms with Gasteiger partial charge >= 0.3 is 0 Å². The molecule has 1 aliphatic rings. The van der Waals surface area contributed by atoms with Crippen LogP contribution in [0.3, 0.4) is 0 Å². The van der Waals surface area contributed by atoms with E-state index in [9.17, 15) is 9.18 Å². The molecule has 1 amide bonds. The maximum absolute atomic E-state index is 14.0. The van der Waals surface area contributed by atoms with Crippen molar-refractivity contribution in [2.45, 2.75) is 37.4 Å². The average molecular weight is 334 g/mol. The van der Waals surface area contributed by atoms with E-state index in [-0.39, 0.29) is 11.7 Å². The highest BCUT2D eigenvalue weighted by Crippen LogP contribution is 2.41. The minimum Gasteiger partial charge on any atom is -0.355 e. The first-order valence-electron chi connectivity index (χ1n) is 7.80. The number of aromatic nitrogens is 3. The van der Waals surface area contributed by atoms with Crippen molar-refractivity contribution in [3.63, 3.8) is 0 Å². The number of thioether (sulfide) groups is 1. The molecule has 5 nitrogen and oxygen atoms in total. The second kappa shape index (κ2) is 7.12. The van der Waals surface area contributed by atoms with Crippen LogP contribution >= 0.6 is 11.8 Å². The van der Waals surface area contributed by atoms with Crippen LogP contribution in [0.5, 0.6) is 0 Å². The Morgan fingerprint density at radius 1 is 1.39 bits per heavy atom. The first-order valence-corrected chi connectivity index (χ1v) is 8.78. The van der Waals surface area contributed by atoms with Gasteiger partial charge in [0, 0.05) is 12.6 Å². The molecule has 7 heteroatoms. The summed E-state index contributed by atoms with van der Waals surface area (Å²) in [4.78, 5) is 11.8. The van der Waals surface area contributed by atoms with Crippen LogP contribution in [0.4, 0.5) is 4.39 Å². The fourth-order valence-corrected chi connectivity index (χ4v) is 3.14. The Morgan fingerprint density at radius 3 is 2.87 bits per heavy atom. The third-order valence-electron chi connectivity index (χ3n) is 3.60. The molecule has 2 aromatic rings. The number of nitrogens with one attached hydrogen (secondary N) is 1. The number of rotatable bonds is 7. The van der Waals surface area contributed by atoms with Gasteiger partial charge in [-0.25, -0.2) is 4.39 Å². The van der Waals surface area contributed by atoms with E-state index in [4.69, 9.17) is 0 Å². The predicted molar refractivity (Wildman–Crippen MR) is 87.7 cm³/mol. The van der Waals surface area contributed by atoms with Gasteiger partial charge in [-0.3, -0.25) is 9.36 Å². The van der Waals surface area contributed by atoms with Crippen molar-refractivity contribution >= 4 is 17.7 Å². The van der Waals surface area contributed by atoms with Crippen LogP contribution in [0, 0.1) is 5.82 Å². The second-order valence-corrected chi connectivity index (χ2v) is 6.47. The largest absolute Gasteiger partial charge is 0.355 e. The SMILES string of the molecule is CCCNC(=O)CSc1nnc(-c2ccccc2F)n1C1CC1. The molecule has 0 aliphatic heterocycles. The van der Waals surface area contributed by atoms with Gasteiger partial charge in [0.2, 0.25) is 5.91 Å². The Balaban J connectivity index is 1.80. The predicted octanol–water partition coefficient (Wildman–Crippen LogP) is 3.04. The molecule has 0 radical (unpaired) electrons. The molecule has 1 aromatic carbocycles. The highest BCUT2D eigenvalue weighted by molar-refractivity contribution is 7.99. The van der Waals surface area contributed by atoms with Crippen LogP contribution in [-0.2, 0) is 4.79 Å². The van der Waals surface area contributed by atoms with E-state index in [2.05, 4.69) is 15.5 Å². The fourth-order valence-electron chi connectivity index (χ4n) is 2.31. The second-order valence-electron chi connectivity index (χ2n) is 5.53. The van der Waals surface area contributed by atoms with Gasteiger partial charge < -0.3 is 5.32 Å². The van der Waals surface area contributed by atoms with Gasteiger partial charge in [0.1, 0.15) is 5.82 Å². The van der Waals surface area contributed by atoms with Crippen molar-refractivity contribution < 1.29 is 9.18 Å². The normalized spacial score (nSPS) is 14.0. The van der Waals surface area contributed by atoms with Crippen LogP contribution in [0.2, 0.25) is 0 Å². The van der Waals surface area contributed by atoms with E-state index in [1.165, 1.54) is 17.8 Å². The minimum absolute atomic E-state index is 0.0189. The fraction of sp³-hybridized carbons (Fsp3) is 0.438. The summed E-state index contributed by atoms with van der Waals surface area (Å²) in [6.45, 7) is 2.69. The summed E-state index contributed by atoms with van der Waals surface area (Å²) in [6.07, 6.45) is 2.98. The van der Waals surface area contributed by atoms with Gasteiger partial charge in [-0.15, -0.1) is 10.2 Å². The number of benzene rings is 1. The molecule has 122 valence electrons. The maximum atomic E-state index is 14.0. The molecule has 1 heterocycles. The Morgan fingerprint density at radius 2 is 2.17 bits per heavy atom. The van der Waals surface area contributed by atoms with Crippen molar-refractivity contribution in [1.82, 2.24) is 20.1 Å². The van der Waals surface area contributed by atoms with Crippen LogP contribution < -0.4 is 5.32 Å². The standard InChI is InChI=1S/C16H19FN4OS/c1-2-9-18-14(22)10-23-16-20-19-15(21(16)11-7-8-11)12-5-3-4-6-13(12)17/h3-6,11H,2,7-10H2,1H3,(H,18,22). The van der Waals surface area contributed by atoms with Crippen molar-refractivity contribution in [1.29, 1.82) is 0 Å². The van der Waals surface area contributed by atoms with E-state index in [0.29, 0.717) is 34.9 Å². The van der Waals surface area contributed by atoms with Gasteiger partial charge in [0.15, 0.2) is 11.0 Å². The summed E-state index contributed by atoms with van der Waals surface area (Å²) in [7, 11) is 0. The summed E-state index contributed by atoms with van der Waals surface area (Å²) in [5, 5.41) is 11.9. The molecule has 1 saturated carbocycles. The summed E-state index contributed by atoms with van der Waals surface area (Å²) in [5.74, 6) is 0.512. The van der Waals surface area contributed by atoms with Gasteiger partial charge in [0.25, 0.3) is 0 Å². The summed E-state index contributed by atoms with van der Waals surface area (Å²) >= 11 is 1.35. The number of hydrogen-bond donors (Lipinski definition) is 1. The maximum Gasteiger partial charge on any atom is 0.230 e. The molecular formula is C16H19FN4OS. The third-order valence-corrected chi connectivity index (χ3v) is 4.54. The zero-order chi connectivity index (χ0) is 16.2. The molecule has 0 bridgehead atoms. The molecule has 1 aliphatic carbocycles. The molecule has 0 spiro atoms.